The maximum absolute atomic E-state index is 12.9. The smallest absolute Gasteiger partial charge is 0.243 e. The van der Waals surface area contributed by atoms with E-state index in [0.29, 0.717) is 33.7 Å². The molecule has 2 rings (SSSR count). The number of hydrogen-bond acceptors (Lipinski definition) is 3. The van der Waals surface area contributed by atoms with Gasteiger partial charge in [-0.15, -0.1) is 0 Å². The maximum atomic E-state index is 12.9. The zero-order valence-corrected chi connectivity index (χ0v) is 15.2. The van der Waals surface area contributed by atoms with Crippen molar-refractivity contribution in [3.63, 3.8) is 0 Å². The summed E-state index contributed by atoms with van der Waals surface area (Å²) in [5.41, 5.74) is 7.29. The van der Waals surface area contributed by atoms with Gasteiger partial charge in [0, 0.05) is 23.2 Å². The maximum Gasteiger partial charge on any atom is 0.243 e. The topological polar surface area (TPSA) is 63.4 Å². The fourth-order valence-electron chi connectivity index (χ4n) is 2.70. The van der Waals surface area contributed by atoms with Crippen LogP contribution in [0.15, 0.2) is 21.5 Å². The van der Waals surface area contributed by atoms with Crippen LogP contribution in [-0.4, -0.2) is 25.8 Å². The van der Waals surface area contributed by atoms with Crippen molar-refractivity contribution in [2.75, 3.05) is 18.8 Å². The number of nitrogen functional groups attached to an aromatic ring is 1. The SMILES string of the molecule is CCC1(C)CCN(S(=O)(=O)c2cc(Br)cc(N)c2C)CC1. The fraction of sp³-hybridized carbons (Fsp3) is 0.600. The third-order valence-electron chi connectivity index (χ3n) is 4.77. The number of benzene rings is 1. The van der Waals surface area contributed by atoms with Crippen LogP contribution in [0.3, 0.4) is 0 Å². The number of piperidine rings is 1. The van der Waals surface area contributed by atoms with E-state index in [4.69, 9.17) is 5.73 Å². The lowest BCUT2D eigenvalue weighted by molar-refractivity contribution is 0.169. The number of anilines is 1. The lowest BCUT2D eigenvalue weighted by Crippen LogP contribution is -2.42. The van der Waals surface area contributed by atoms with Gasteiger partial charge in [-0.05, 0) is 42.9 Å². The molecule has 1 aromatic carbocycles. The monoisotopic (exact) mass is 374 g/mol. The van der Waals surface area contributed by atoms with Gasteiger partial charge >= 0.3 is 0 Å². The molecule has 0 bridgehead atoms. The zero-order chi connectivity index (χ0) is 15.8. The summed E-state index contributed by atoms with van der Waals surface area (Å²) >= 11 is 3.33. The molecule has 1 aromatic rings. The highest BCUT2D eigenvalue weighted by Gasteiger charge is 2.35. The van der Waals surface area contributed by atoms with Gasteiger partial charge in [0.1, 0.15) is 0 Å². The molecule has 118 valence electrons. The standard InChI is InChI=1S/C15H23BrN2O2S/c1-4-15(3)5-7-18(8-6-15)21(19,20)14-10-12(16)9-13(17)11(14)2/h9-10H,4-8,17H2,1-3H3. The highest BCUT2D eigenvalue weighted by Crippen LogP contribution is 2.37. The van der Waals surface area contributed by atoms with E-state index >= 15 is 0 Å². The van der Waals surface area contributed by atoms with E-state index in [1.165, 1.54) is 0 Å². The summed E-state index contributed by atoms with van der Waals surface area (Å²) in [6, 6.07) is 3.38. The zero-order valence-electron chi connectivity index (χ0n) is 12.8. The van der Waals surface area contributed by atoms with Crippen LogP contribution in [0.25, 0.3) is 0 Å². The molecule has 0 amide bonds. The summed E-state index contributed by atoms with van der Waals surface area (Å²) in [4.78, 5) is 0.314. The summed E-state index contributed by atoms with van der Waals surface area (Å²) in [6.45, 7) is 7.33. The molecule has 6 heteroatoms. The molecule has 21 heavy (non-hydrogen) atoms. The Morgan fingerprint density at radius 2 is 1.90 bits per heavy atom. The summed E-state index contributed by atoms with van der Waals surface area (Å²) in [6.07, 6.45) is 2.90. The first-order chi connectivity index (χ1) is 9.69. The Labute approximate surface area is 135 Å². The molecule has 0 aliphatic carbocycles. The Bertz CT molecular complexity index is 635. The van der Waals surface area contributed by atoms with Crippen LogP contribution in [0.1, 0.15) is 38.7 Å². The van der Waals surface area contributed by atoms with E-state index in [0.717, 1.165) is 19.3 Å². The van der Waals surface area contributed by atoms with Gasteiger partial charge in [0.15, 0.2) is 0 Å². The van der Waals surface area contributed by atoms with Gasteiger partial charge in [-0.2, -0.15) is 4.31 Å². The first kappa shape index (κ1) is 16.8. The molecule has 1 aliphatic rings. The highest BCUT2D eigenvalue weighted by molar-refractivity contribution is 9.10. The fourth-order valence-corrected chi connectivity index (χ4v) is 5.05. The van der Waals surface area contributed by atoms with Crippen molar-refractivity contribution in [1.82, 2.24) is 4.31 Å². The van der Waals surface area contributed by atoms with E-state index in [1.54, 1.807) is 23.4 Å². The molecule has 0 radical (unpaired) electrons. The second kappa shape index (κ2) is 5.89. The Morgan fingerprint density at radius 3 is 2.43 bits per heavy atom. The van der Waals surface area contributed by atoms with E-state index in [2.05, 4.69) is 29.8 Å². The number of nitrogens with zero attached hydrogens (tertiary/aromatic N) is 1. The van der Waals surface area contributed by atoms with Gasteiger partial charge in [0.2, 0.25) is 10.0 Å². The van der Waals surface area contributed by atoms with Gasteiger partial charge in [0.25, 0.3) is 0 Å². The molecule has 1 fully saturated rings. The van der Waals surface area contributed by atoms with Gasteiger partial charge < -0.3 is 5.73 Å². The average molecular weight is 375 g/mol. The molecular formula is C15H23BrN2O2S. The number of halogens is 1. The van der Waals surface area contributed by atoms with Crippen molar-refractivity contribution >= 4 is 31.6 Å². The normalized spacial score (nSPS) is 19.6. The molecule has 0 atom stereocenters. The lowest BCUT2D eigenvalue weighted by atomic mass is 9.79. The van der Waals surface area contributed by atoms with Crippen LogP contribution in [-0.2, 0) is 10.0 Å². The predicted molar refractivity (Wildman–Crippen MR) is 89.7 cm³/mol. The third-order valence-corrected chi connectivity index (χ3v) is 7.25. The minimum absolute atomic E-state index is 0.261. The van der Waals surface area contributed by atoms with Gasteiger partial charge in [-0.3, -0.25) is 0 Å². The van der Waals surface area contributed by atoms with E-state index in [-0.39, 0.29) is 5.41 Å². The van der Waals surface area contributed by atoms with Gasteiger partial charge in [-0.1, -0.05) is 36.2 Å². The Hall–Kier alpha value is -0.590. The van der Waals surface area contributed by atoms with Crippen LogP contribution in [0.5, 0.6) is 0 Å². The third kappa shape index (κ3) is 3.27. The number of hydrogen-bond donors (Lipinski definition) is 1. The summed E-state index contributed by atoms with van der Waals surface area (Å²) in [5.74, 6) is 0. The van der Waals surface area contributed by atoms with Crippen molar-refractivity contribution < 1.29 is 8.42 Å². The molecule has 0 aromatic heterocycles. The lowest BCUT2D eigenvalue weighted by Gasteiger charge is -2.38. The van der Waals surface area contributed by atoms with Crippen LogP contribution < -0.4 is 5.73 Å². The minimum Gasteiger partial charge on any atom is -0.398 e. The van der Waals surface area contributed by atoms with Crippen molar-refractivity contribution in [1.29, 1.82) is 0 Å². The van der Waals surface area contributed by atoms with Crippen LogP contribution in [0.4, 0.5) is 5.69 Å². The van der Waals surface area contributed by atoms with Crippen molar-refractivity contribution in [2.24, 2.45) is 5.41 Å². The molecule has 1 saturated heterocycles. The highest BCUT2D eigenvalue weighted by atomic mass is 79.9. The second-order valence-electron chi connectivity index (χ2n) is 6.19. The molecule has 0 saturated carbocycles. The van der Waals surface area contributed by atoms with E-state index < -0.39 is 10.0 Å². The Morgan fingerprint density at radius 1 is 1.33 bits per heavy atom. The largest absolute Gasteiger partial charge is 0.398 e. The number of rotatable bonds is 3. The molecule has 1 aliphatic heterocycles. The molecular weight excluding hydrogens is 352 g/mol. The van der Waals surface area contributed by atoms with Crippen molar-refractivity contribution in [3.8, 4) is 0 Å². The van der Waals surface area contributed by atoms with Gasteiger partial charge in [-0.25, -0.2) is 8.42 Å². The molecule has 4 nitrogen and oxygen atoms in total. The number of sulfonamides is 1. The minimum atomic E-state index is -3.47. The van der Waals surface area contributed by atoms with Crippen LogP contribution in [0.2, 0.25) is 0 Å². The summed E-state index contributed by atoms with van der Waals surface area (Å²) < 4.78 is 28.0. The first-order valence-corrected chi connectivity index (χ1v) is 9.49. The molecule has 2 N–H and O–H groups in total. The first-order valence-electron chi connectivity index (χ1n) is 7.25. The average Bonchev–Trinajstić information content (AvgIpc) is 2.43. The van der Waals surface area contributed by atoms with Crippen molar-refractivity contribution in [3.05, 3.63) is 22.2 Å². The molecule has 1 heterocycles. The molecule has 0 spiro atoms. The summed E-state index contributed by atoms with van der Waals surface area (Å²) in [7, 11) is -3.47. The predicted octanol–water partition coefficient (Wildman–Crippen LogP) is 3.54. The quantitative estimate of drug-likeness (QED) is 0.822. The molecule has 0 unspecified atom stereocenters. The van der Waals surface area contributed by atoms with Crippen molar-refractivity contribution in [2.45, 2.75) is 44.9 Å². The van der Waals surface area contributed by atoms with E-state index in [9.17, 15) is 8.42 Å². The Balaban J connectivity index is 2.32. The van der Waals surface area contributed by atoms with E-state index in [1.807, 2.05) is 0 Å². The Kier molecular flexibility index (Phi) is 4.71. The van der Waals surface area contributed by atoms with Crippen LogP contribution >= 0.6 is 15.9 Å². The number of nitrogens with two attached hydrogens (primary N) is 1. The summed E-state index contributed by atoms with van der Waals surface area (Å²) in [5, 5.41) is 0. The second-order valence-corrected chi connectivity index (χ2v) is 9.01. The van der Waals surface area contributed by atoms with Crippen LogP contribution in [0, 0.1) is 12.3 Å². The van der Waals surface area contributed by atoms with Gasteiger partial charge in [0.05, 0.1) is 4.90 Å².